The van der Waals surface area contributed by atoms with Crippen molar-refractivity contribution < 1.29 is 19.1 Å². The number of methoxy groups -OCH3 is 2. The van der Waals surface area contributed by atoms with Crippen LogP contribution in [0.2, 0.25) is 5.15 Å². The lowest BCUT2D eigenvalue weighted by molar-refractivity contribution is 0.0552. The number of hydrogen-bond acceptors (Lipinski definition) is 5. The number of aromatic nitrogens is 2. The molecule has 110 valence electrons. The zero-order valence-corrected chi connectivity index (χ0v) is 12.5. The van der Waals surface area contributed by atoms with E-state index in [-0.39, 0.29) is 16.4 Å². The standard InChI is InChI=1S/C14H13ClN2O4/c1-8-6-4-5-7-9(8)17-12(15)10(13(18)20-2)11(16-17)14(19)21-3/h4-7H,1-3H3. The molecule has 0 N–H and O–H groups in total. The van der Waals surface area contributed by atoms with Gasteiger partial charge in [0.1, 0.15) is 10.7 Å². The molecule has 7 heteroatoms. The van der Waals surface area contributed by atoms with Crippen LogP contribution in [0.4, 0.5) is 0 Å². The predicted octanol–water partition coefficient (Wildman–Crippen LogP) is 2.41. The highest BCUT2D eigenvalue weighted by molar-refractivity contribution is 6.33. The van der Waals surface area contributed by atoms with E-state index < -0.39 is 11.9 Å². The number of halogens is 1. The van der Waals surface area contributed by atoms with E-state index in [2.05, 4.69) is 14.6 Å². The summed E-state index contributed by atoms with van der Waals surface area (Å²) < 4.78 is 10.6. The van der Waals surface area contributed by atoms with Gasteiger partial charge in [-0.1, -0.05) is 29.8 Å². The van der Waals surface area contributed by atoms with Crippen molar-refractivity contribution in [3.05, 3.63) is 46.2 Å². The molecule has 6 nitrogen and oxygen atoms in total. The summed E-state index contributed by atoms with van der Waals surface area (Å²) in [5.41, 5.74) is 1.24. The topological polar surface area (TPSA) is 70.4 Å². The molecule has 0 bridgehead atoms. The Hall–Kier alpha value is -2.34. The lowest BCUT2D eigenvalue weighted by Crippen LogP contribution is -2.10. The minimum Gasteiger partial charge on any atom is -0.465 e. The van der Waals surface area contributed by atoms with Crippen molar-refractivity contribution in [3.63, 3.8) is 0 Å². The maximum absolute atomic E-state index is 11.8. The second-order valence-corrected chi connectivity index (χ2v) is 4.55. The van der Waals surface area contributed by atoms with Gasteiger partial charge in [-0.25, -0.2) is 14.3 Å². The Morgan fingerprint density at radius 2 is 1.76 bits per heavy atom. The summed E-state index contributed by atoms with van der Waals surface area (Å²) in [5, 5.41) is 4.09. The van der Waals surface area contributed by atoms with Crippen LogP contribution in [0.25, 0.3) is 5.69 Å². The van der Waals surface area contributed by atoms with E-state index in [9.17, 15) is 9.59 Å². The van der Waals surface area contributed by atoms with E-state index in [0.717, 1.165) is 5.56 Å². The van der Waals surface area contributed by atoms with E-state index >= 15 is 0 Å². The van der Waals surface area contributed by atoms with Gasteiger partial charge in [0, 0.05) is 0 Å². The first-order valence-electron chi connectivity index (χ1n) is 6.02. The molecule has 21 heavy (non-hydrogen) atoms. The maximum Gasteiger partial charge on any atom is 0.359 e. The normalized spacial score (nSPS) is 10.3. The molecule has 0 spiro atoms. The number of ether oxygens (including phenoxy) is 2. The SMILES string of the molecule is COC(=O)c1nn(-c2ccccc2C)c(Cl)c1C(=O)OC. The third-order valence-corrected chi connectivity index (χ3v) is 3.29. The van der Waals surface area contributed by atoms with Crippen LogP contribution in [0.3, 0.4) is 0 Å². The van der Waals surface area contributed by atoms with Gasteiger partial charge in [-0.15, -0.1) is 0 Å². The first kappa shape index (κ1) is 15.1. The minimum atomic E-state index is -0.760. The molecule has 0 saturated heterocycles. The summed E-state index contributed by atoms with van der Waals surface area (Å²) in [6, 6.07) is 7.30. The average molecular weight is 309 g/mol. The van der Waals surface area contributed by atoms with Gasteiger partial charge in [0.15, 0.2) is 5.69 Å². The molecule has 1 aromatic heterocycles. The Kier molecular flexibility index (Phi) is 4.28. The van der Waals surface area contributed by atoms with Gasteiger partial charge in [0.25, 0.3) is 0 Å². The van der Waals surface area contributed by atoms with E-state index in [1.807, 2.05) is 19.1 Å². The number of para-hydroxylation sites is 1. The largest absolute Gasteiger partial charge is 0.465 e. The Morgan fingerprint density at radius 1 is 1.14 bits per heavy atom. The van der Waals surface area contributed by atoms with Gasteiger partial charge >= 0.3 is 11.9 Å². The second kappa shape index (κ2) is 5.97. The third kappa shape index (κ3) is 2.62. The van der Waals surface area contributed by atoms with Gasteiger partial charge in [-0.05, 0) is 18.6 Å². The summed E-state index contributed by atoms with van der Waals surface area (Å²) in [5.74, 6) is -1.51. The molecular weight excluding hydrogens is 296 g/mol. The fourth-order valence-electron chi connectivity index (χ4n) is 1.88. The Morgan fingerprint density at radius 3 is 2.33 bits per heavy atom. The predicted molar refractivity (Wildman–Crippen MR) is 76.0 cm³/mol. The van der Waals surface area contributed by atoms with Crippen LogP contribution in [-0.4, -0.2) is 35.9 Å². The lowest BCUT2D eigenvalue weighted by Gasteiger charge is -2.06. The van der Waals surface area contributed by atoms with Gasteiger partial charge in [0.05, 0.1) is 19.9 Å². The lowest BCUT2D eigenvalue weighted by atomic mass is 10.2. The average Bonchev–Trinajstić information content (AvgIpc) is 2.83. The van der Waals surface area contributed by atoms with Gasteiger partial charge in [-0.2, -0.15) is 5.10 Å². The summed E-state index contributed by atoms with van der Waals surface area (Å²) in [6.45, 7) is 1.86. The maximum atomic E-state index is 11.8. The smallest absolute Gasteiger partial charge is 0.359 e. The number of carbonyl (C=O) groups excluding carboxylic acids is 2. The quantitative estimate of drug-likeness (QED) is 0.814. The van der Waals surface area contributed by atoms with Crippen molar-refractivity contribution in [1.29, 1.82) is 0 Å². The van der Waals surface area contributed by atoms with Crippen LogP contribution in [0.15, 0.2) is 24.3 Å². The number of carbonyl (C=O) groups is 2. The van der Waals surface area contributed by atoms with Crippen LogP contribution < -0.4 is 0 Å². The van der Waals surface area contributed by atoms with Crippen molar-refractivity contribution in [2.45, 2.75) is 6.92 Å². The Labute approximate surface area is 126 Å². The molecule has 0 atom stereocenters. The summed E-state index contributed by atoms with van der Waals surface area (Å²) >= 11 is 6.20. The van der Waals surface area contributed by atoms with E-state index in [1.54, 1.807) is 12.1 Å². The molecule has 0 saturated carbocycles. The van der Waals surface area contributed by atoms with E-state index in [0.29, 0.717) is 5.69 Å². The first-order valence-corrected chi connectivity index (χ1v) is 6.40. The van der Waals surface area contributed by atoms with Crippen LogP contribution >= 0.6 is 11.6 Å². The van der Waals surface area contributed by atoms with Crippen LogP contribution in [0, 0.1) is 6.92 Å². The van der Waals surface area contributed by atoms with Crippen molar-refractivity contribution in [2.75, 3.05) is 14.2 Å². The molecular formula is C14H13ClN2O4. The molecule has 2 rings (SSSR count). The number of hydrogen-bond donors (Lipinski definition) is 0. The van der Waals surface area contributed by atoms with E-state index in [1.165, 1.54) is 18.9 Å². The zero-order valence-electron chi connectivity index (χ0n) is 11.7. The Bertz CT molecular complexity index is 709. The summed E-state index contributed by atoms with van der Waals surface area (Å²) in [7, 11) is 2.40. The molecule has 1 heterocycles. The minimum absolute atomic E-state index is 0.00319. The number of rotatable bonds is 3. The van der Waals surface area contributed by atoms with Crippen molar-refractivity contribution >= 4 is 23.5 Å². The summed E-state index contributed by atoms with van der Waals surface area (Å²) in [4.78, 5) is 23.6. The third-order valence-electron chi connectivity index (χ3n) is 2.94. The fourth-order valence-corrected chi connectivity index (χ4v) is 2.18. The number of benzene rings is 1. The fraction of sp³-hybridized carbons (Fsp3) is 0.214. The highest BCUT2D eigenvalue weighted by Gasteiger charge is 2.29. The highest BCUT2D eigenvalue weighted by atomic mass is 35.5. The van der Waals surface area contributed by atoms with Crippen LogP contribution in [0.5, 0.6) is 0 Å². The first-order chi connectivity index (χ1) is 10.0. The van der Waals surface area contributed by atoms with Gasteiger partial charge < -0.3 is 9.47 Å². The highest BCUT2D eigenvalue weighted by Crippen LogP contribution is 2.26. The zero-order chi connectivity index (χ0) is 15.6. The number of nitrogens with zero attached hydrogens (tertiary/aromatic N) is 2. The molecule has 0 aliphatic heterocycles. The van der Waals surface area contributed by atoms with Crippen LogP contribution in [0.1, 0.15) is 26.4 Å². The van der Waals surface area contributed by atoms with Crippen molar-refractivity contribution in [2.24, 2.45) is 0 Å². The second-order valence-electron chi connectivity index (χ2n) is 4.20. The Balaban J connectivity index is 2.70. The van der Waals surface area contributed by atoms with Crippen LogP contribution in [-0.2, 0) is 9.47 Å². The van der Waals surface area contributed by atoms with E-state index in [4.69, 9.17) is 11.6 Å². The van der Waals surface area contributed by atoms with Crippen molar-refractivity contribution in [3.8, 4) is 5.69 Å². The molecule has 0 fully saturated rings. The number of aryl methyl sites for hydroxylation is 1. The molecule has 0 amide bonds. The van der Waals surface area contributed by atoms with Gasteiger partial charge in [-0.3, -0.25) is 0 Å². The number of esters is 2. The monoisotopic (exact) mass is 308 g/mol. The molecule has 0 aliphatic rings. The molecule has 0 radical (unpaired) electrons. The van der Waals surface area contributed by atoms with Crippen molar-refractivity contribution in [1.82, 2.24) is 9.78 Å². The summed E-state index contributed by atoms with van der Waals surface area (Å²) in [6.07, 6.45) is 0. The molecule has 2 aromatic rings. The molecule has 0 aliphatic carbocycles. The molecule has 0 unspecified atom stereocenters. The van der Waals surface area contributed by atoms with Gasteiger partial charge in [0.2, 0.25) is 0 Å². The molecule has 1 aromatic carbocycles.